The molecule has 8 heteroatoms. The second kappa shape index (κ2) is 20.0. The zero-order valence-corrected chi connectivity index (χ0v) is 35.4. The molecule has 2 heterocycles. The molecule has 0 unspecified atom stereocenters. The van der Waals surface area contributed by atoms with Crippen molar-refractivity contribution in [2.75, 3.05) is 26.4 Å². The Hall–Kier alpha value is -0.542. The van der Waals surface area contributed by atoms with Crippen LogP contribution < -0.4 is 0 Å². The molecule has 2 aliphatic heterocycles. The van der Waals surface area contributed by atoms with Crippen LogP contribution in [0.25, 0.3) is 15.8 Å². The van der Waals surface area contributed by atoms with E-state index in [1.54, 1.807) is 0 Å². The third-order valence-corrected chi connectivity index (χ3v) is 11.2. The predicted octanol–water partition coefficient (Wildman–Crippen LogP) is 10.0. The van der Waals surface area contributed by atoms with Gasteiger partial charge >= 0.3 is 0 Å². The molecule has 0 amide bonds. The molecule has 0 aliphatic carbocycles. The van der Waals surface area contributed by atoms with Gasteiger partial charge in [-0.05, 0) is 86.5 Å². The minimum atomic E-state index is -0.264. The van der Waals surface area contributed by atoms with Crippen molar-refractivity contribution < 1.29 is 52.4 Å². The zero-order valence-electron chi connectivity index (χ0n) is 30.5. The van der Waals surface area contributed by atoms with E-state index in [4.69, 9.17) is 9.47 Å². The predicted molar refractivity (Wildman–Crippen MR) is 190 cm³/mol. The second-order valence-electron chi connectivity index (χ2n) is 14.3. The van der Waals surface area contributed by atoms with Gasteiger partial charge in [0.05, 0.1) is 0 Å². The Morgan fingerprint density at radius 2 is 0.864 bits per heavy atom. The van der Waals surface area contributed by atoms with Crippen molar-refractivity contribution in [2.24, 2.45) is 0 Å². The summed E-state index contributed by atoms with van der Waals surface area (Å²) in [6.07, 6.45) is 5.11. The molecule has 44 heavy (non-hydrogen) atoms. The van der Waals surface area contributed by atoms with E-state index in [1.165, 1.54) is 25.7 Å². The Bertz CT molecular complexity index is 1040. The Labute approximate surface area is 299 Å². The molecule has 2 saturated heterocycles. The van der Waals surface area contributed by atoms with Gasteiger partial charge < -0.3 is 24.3 Å². The number of ether oxygens (including phenoxy) is 2. The first-order valence-electron chi connectivity index (χ1n) is 16.0. The Balaban J connectivity index is 0.000000825. The van der Waals surface area contributed by atoms with Gasteiger partial charge in [-0.1, -0.05) is 97.8 Å². The summed E-state index contributed by atoms with van der Waals surface area (Å²) in [7, 11) is -0.528. The van der Waals surface area contributed by atoms with Crippen LogP contribution in [0.4, 0.5) is 0 Å². The van der Waals surface area contributed by atoms with Crippen LogP contribution >= 0.6 is 0 Å². The van der Waals surface area contributed by atoms with Gasteiger partial charge in [0.2, 0.25) is 0 Å². The molecule has 3 radical (unpaired) electrons. The molecule has 0 bridgehead atoms. The molecule has 2 aliphatic rings. The number of aromatic hydroxyl groups is 2. The molecule has 0 aromatic heterocycles. The van der Waals surface area contributed by atoms with Crippen molar-refractivity contribution in [3.63, 3.8) is 0 Å². The fourth-order valence-corrected chi connectivity index (χ4v) is 8.61. The second-order valence-corrected chi connectivity index (χ2v) is 19.0. The summed E-state index contributed by atoms with van der Waals surface area (Å²) in [6, 6.07) is 4.14. The Morgan fingerprint density at radius 3 is 1.02 bits per heavy atom. The van der Waals surface area contributed by atoms with Crippen molar-refractivity contribution >= 4 is 17.9 Å². The van der Waals surface area contributed by atoms with Crippen LogP contribution in [0.2, 0.25) is 26.2 Å². The van der Waals surface area contributed by atoms with Crippen LogP contribution in [0.3, 0.4) is 0 Å². The minimum Gasteiger partial charge on any atom is -0.673 e. The summed E-state index contributed by atoms with van der Waals surface area (Å²) in [5.74, 6) is 0.564. The number of hydrogen-bond acceptors (Lipinski definition) is 4. The van der Waals surface area contributed by atoms with E-state index in [1.807, 2.05) is 13.8 Å². The average Bonchev–Trinajstić information content (AvgIpc) is 3.63. The van der Waals surface area contributed by atoms with Crippen molar-refractivity contribution in [3.8, 4) is 22.6 Å². The molecular formula is C36H62NO4Si2Y-. The molecule has 2 aromatic rings. The van der Waals surface area contributed by atoms with Gasteiger partial charge in [-0.2, -0.15) is 0 Å². The van der Waals surface area contributed by atoms with Crippen molar-refractivity contribution in [3.05, 3.63) is 50.2 Å². The molecule has 5 nitrogen and oxygen atoms in total. The first-order valence-corrected chi connectivity index (χ1v) is 20.8. The number of aryl methyl sites for hydroxylation is 2. The molecule has 0 saturated carbocycles. The summed E-state index contributed by atoms with van der Waals surface area (Å²) in [4.78, 5) is 0. The summed E-state index contributed by atoms with van der Waals surface area (Å²) in [5.41, 5.74) is 7.26. The molecule has 0 atom stereocenters. The van der Waals surface area contributed by atoms with Gasteiger partial charge in [0.1, 0.15) is 11.5 Å². The standard InChI is InChI=1S/C24H34O2.C4H12NSi2.2C4H8O.Y/c1-13-11-17(23(5,6)7)21(25)19(15(13)3)20-16(4)14(2)12-18(22(20)26)24(8,9)10;1-6(2)5-7(3)4;2*1-2-4-5-3-1;/h11-12,25-26H,1-10H3;1-4H3;2*1-4H2;/q;-1;;;. The topological polar surface area (TPSA) is 73.0 Å². The molecule has 2 N–H and O–H groups in total. The third-order valence-electron chi connectivity index (χ3n) is 7.61. The smallest absolute Gasteiger partial charge is 0.127 e. The molecule has 247 valence electrons. The van der Waals surface area contributed by atoms with Gasteiger partial charge in [-0.15, -0.1) is 0 Å². The normalized spacial score (nSPS) is 14.6. The van der Waals surface area contributed by atoms with Crippen LogP contribution in [-0.4, -0.2) is 54.6 Å². The maximum atomic E-state index is 11.2. The Kier molecular flexibility index (Phi) is 19.7. The first kappa shape index (κ1) is 43.5. The van der Waals surface area contributed by atoms with E-state index in [9.17, 15) is 10.2 Å². The van der Waals surface area contributed by atoms with Crippen LogP contribution in [0, 0.1) is 27.7 Å². The van der Waals surface area contributed by atoms with E-state index in [0.29, 0.717) is 0 Å². The van der Waals surface area contributed by atoms with Gasteiger partial charge in [0, 0.05) is 81.4 Å². The molecule has 0 spiro atoms. The number of phenolic OH excluding ortho intramolecular Hbond substituents is 2. The van der Waals surface area contributed by atoms with E-state index < -0.39 is 0 Å². The monoisotopic (exact) mass is 717 g/mol. The first-order chi connectivity index (χ1) is 19.8. The van der Waals surface area contributed by atoms with Gasteiger partial charge in [-0.3, -0.25) is 0 Å². The quantitative estimate of drug-likeness (QED) is 0.310. The van der Waals surface area contributed by atoms with Crippen LogP contribution in [0.15, 0.2) is 12.1 Å². The van der Waals surface area contributed by atoms with Crippen LogP contribution in [0.5, 0.6) is 11.5 Å². The number of nitrogens with zero attached hydrogens (tertiary/aromatic N) is 1. The van der Waals surface area contributed by atoms with Gasteiger partial charge in [0.25, 0.3) is 0 Å². The Morgan fingerprint density at radius 1 is 0.591 bits per heavy atom. The molecule has 2 aromatic carbocycles. The fraction of sp³-hybridized carbons (Fsp3) is 0.667. The van der Waals surface area contributed by atoms with Gasteiger partial charge in [0.15, 0.2) is 0 Å². The average molecular weight is 718 g/mol. The number of benzene rings is 2. The summed E-state index contributed by atoms with van der Waals surface area (Å²) >= 11 is 0. The van der Waals surface area contributed by atoms with Crippen LogP contribution in [0.1, 0.15) is 101 Å². The third kappa shape index (κ3) is 14.1. The van der Waals surface area contributed by atoms with Crippen molar-refractivity contribution in [1.82, 2.24) is 0 Å². The number of phenols is 2. The van der Waals surface area contributed by atoms with Crippen molar-refractivity contribution in [2.45, 2.75) is 132 Å². The minimum absolute atomic E-state index is 0. The maximum Gasteiger partial charge on any atom is 0.127 e. The molecular weight excluding hydrogens is 655 g/mol. The van der Waals surface area contributed by atoms with Crippen LogP contribution in [-0.2, 0) is 53.0 Å². The zero-order chi connectivity index (χ0) is 33.1. The van der Waals surface area contributed by atoms with Gasteiger partial charge in [-0.25, -0.2) is 0 Å². The molecule has 2 fully saturated rings. The van der Waals surface area contributed by atoms with E-state index >= 15 is 0 Å². The number of rotatable bonds is 3. The van der Waals surface area contributed by atoms with E-state index in [-0.39, 0.29) is 73.0 Å². The largest absolute Gasteiger partial charge is 0.673 e. The summed E-state index contributed by atoms with van der Waals surface area (Å²) < 4.78 is 14.4. The SMILES string of the molecule is C1CCOC1.C1CCOC1.C[Si](C)[N-][Si](C)C.Cc1cc(C(C)(C)C)c(O)c(-c2c(C)c(C)cc(C(C)(C)C)c2O)c1C.[Y]. The van der Waals surface area contributed by atoms with Crippen molar-refractivity contribution in [1.29, 1.82) is 0 Å². The molecule has 4 rings (SSSR count). The van der Waals surface area contributed by atoms with E-state index in [2.05, 4.69) is 98.4 Å². The summed E-state index contributed by atoms with van der Waals surface area (Å²) in [6.45, 7) is 33.7. The fourth-order valence-electron chi connectivity index (χ4n) is 5.03. The maximum absolute atomic E-state index is 11.2. The summed E-state index contributed by atoms with van der Waals surface area (Å²) in [5, 5.41) is 22.4. The van der Waals surface area contributed by atoms with E-state index in [0.717, 1.165) is 70.9 Å². The number of hydrogen-bond donors (Lipinski definition) is 2.